The number of piperidine rings is 1. The van der Waals surface area contributed by atoms with E-state index >= 15 is 0 Å². The van der Waals surface area contributed by atoms with Crippen LogP contribution >= 0.6 is 11.6 Å². The van der Waals surface area contributed by atoms with Crippen molar-refractivity contribution in [2.75, 3.05) is 30.8 Å². The molecule has 12 heteroatoms. The number of hydrogen-bond donors (Lipinski definition) is 2. The maximum Gasteiger partial charge on any atom is 0.229 e. The molecule has 0 saturated carbocycles. The summed E-state index contributed by atoms with van der Waals surface area (Å²) in [6.07, 6.45) is 6.38. The average molecular weight is 588 g/mol. The Balaban J connectivity index is 1.47. The van der Waals surface area contributed by atoms with Gasteiger partial charge in [-0.05, 0) is 90.7 Å². The highest BCUT2D eigenvalue weighted by Gasteiger charge is 2.32. The zero-order valence-electron chi connectivity index (χ0n) is 24.0. The van der Waals surface area contributed by atoms with E-state index in [1.54, 1.807) is 24.7 Å². The number of anilines is 4. The van der Waals surface area contributed by atoms with Crippen molar-refractivity contribution in [2.45, 2.75) is 82.7 Å². The minimum absolute atomic E-state index is 0.0335. The quantitative estimate of drug-likeness (QED) is 0.355. The first-order chi connectivity index (χ1) is 19.0. The lowest BCUT2D eigenvalue weighted by molar-refractivity contribution is 0.254. The third-order valence-corrected chi connectivity index (χ3v) is 10.1. The molecule has 0 bridgehead atoms. The molecule has 0 amide bonds. The third-order valence-electron chi connectivity index (χ3n) is 7.75. The van der Waals surface area contributed by atoms with Gasteiger partial charge in [0.05, 0.1) is 22.8 Å². The molecule has 0 spiro atoms. The molecule has 1 fully saturated rings. The van der Waals surface area contributed by atoms with Crippen LogP contribution in [0.15, 0.2) is 23.5 Å². The highest BCUT2D eigenvalue weighted by atomic mass is 35.5. The van der Waals surface area contributed by atoms with E-state index in [2.05, 4.69) is 57.6 Å². The summed E-state index contributed by atoms with van der Waals surface area (Å²) in [7, 11) is -1.46. The van der Waals surface area contributed by atoms with Gasteiger partial charge in [-0.1, -0.05) is 11.6 Å². The van der Waals surface area contributed by atoms with Crippen molar-refractivity contribution in [3.63, 3.8) is 0 Å². The molecule has 1 atom stereocenters. The molecule has 2 aliphatic rings. The second kappa shape index (κ2) is 11.2. The maximum atomic E-state index is 13.0. The van der Waals surface area contributed by atoms with Crippen molar-refractivity contribution < 1.29 is 13.2 Å². The third kappa shape index (κ3) is 5.51. The van der Waals surface area contributed by atoms with Gasteiger partial charge >= 0.3 is 0 Å². The van der Waals surface area contributed by atoms with E-state index in [9.17, 15) is 8.42 Å². The number of ether oxygens (including phenoxy) is 1. The summed E-state index contributed by atoms with van der Waals surface area (Å²) in [6.45, 7) is 12.1. The van der Waals surface area contributed by atoms with Gasteiger partial charge < -0.3 is 20.3 Å². The maximum absolute atomic E-state index is 13.0. The van der Waals surface area contributed by atoms with E-state index in [4.69, 9.17) is 16.3 Å². The lowest BCUT2D eigenvalue weighted by atomic mass is 9.82. The minimum atomic E-state index is -3.64. The number of rotatable bonds is 8. The van der Waals surface area contributed by atoms with Gasteiger partial charge in [-0.2, -0.15) is 10.1 Å². The standard InChI is InChI=1S/C28H38ClN7O3S/c1-7-36-15-23(27(34-36)40(37,38)16(2)3)31-26-21(29)14-30-28(33-26)32-22-12-17(4)24(19-8-10-35(6)11-9-19)20-13-18(5)39-25(20)22/h12,14-16,18-19H,7-11,13H2,1-6H3,(H2,30,31,32,33)/t18-/m1/s1. The number of nitrogens with zero attached hydrogens (tertiary/aromatic N) is 5. The number of nitrogens with one attached hydrogen (secondary N) is 2. The van der Waals surface area contributed by atoms with Crippen LogP contribution in [0.5, 0.6) is 5.75 Å². The smallest absolute Gasteiger partial charge is 0.229 e. The molecule has 1 aromatic carbocycles. The molecule has 2 N–H and O–H groups in total. The molecule has 216 valence electrons. The number of sulfone groups is 1. The molecular weight excluding hydrogens is 550 g/mol. The summed E-state index contributed by atoms with van der Waals surface area (Å²) < 4.78 is 33.8. The number of halogens is 1. The number of benzene rings is 1. The van der Waals surface area contributed by atoms with E-state index in [0.29, 0.717) is 24.1 Å². The predicted molar refractivity (Wildman–Crippen MR) is 158 cm³/mol. The summed E-state index contributed by atoms with van der Waals surface area (Å²) in [5, 5.41) is 10.3. The second-order valence-electron chi connectivity index (χ2n) is 11.1. The molecule has 40 heavy (non-hydrogen) atoms. The Labute approximate surface area is 241 Å². The van der Waals surface area contributed by atoms with Crippen molar-refractivity contribution in [1.29, 1.82) is 0 Å². The van der Waals surface area contributed by atoms with Gasteiger partial charge in [0.1, 0.15) is 16.9 Å². The van der Waals surface area contributed by atoms with Crippen LogP contribution in [0.4, 0.5) is 23.1 Å². The van der Waals surface area contributed by atoms with Gasteiger partial charge in [-0.15, -0.1) is 0 Å². The summed E-state index contributed by atoms with van der Waals surface area (Å²) in [5.74, 6) is 1.98. The van der Waals surface area contributed by atoms with Crippen LogP contribution in [0.25, 0.3) is 0 Å². The van der Waals surface area contributed by atoms with Gasteiger partial charge in [0.2, 0.25) is 20.8 Å². The molecule has 4 heterocycles. The molecular formula is C28H38ClN7O3S. The lowest BCUT2D eigenvalue weighted by Gasteiger charge is -2.31. The first kappa shape index (κ1) is 28.6. The van der Waals surface area contributed by atoms with Crippen LogP contribution in [0.1, 0.15) is 63.1 Å². The molecule has 2 aliphatic heterocycles. The molecule has 10 nitrogen and oxygen atoms in total. The lowest BCUT2D eigenvalue weighted by Crippen LogP contribution is -2.29. The molecule has 0 radical (unpaired) electrons. The summed E-state index contributed by atoms with van der Waals surface area (Å²) in [5.41, 5.74) is 5.05. The van der Waals surface area contributed by atoms with E-state index in [-0.39, 0.29) is 22.0 Å². The Hall–Kier alpha value is -2.89. The molecule has 3 aromatic rings. The van der Waals surface area contributed by atoms with Crippen molar-refractivity contribution >= 4 is 44.6 Å². The zero-order valence-corrected chi connectivity index (χ0v) is 25.5. The summed E-state index contributed by atoms with van der Waals surface area (Å²) in [6, 6.07) is 2.12. The fourth-order valence-electron chi connectivity index (χ4n) is 5.56. The van der Waals surface area contributed by atoms with Gasteiger partial charge in [-0.25, -0.2) is 13.4 Å². The zero-order chi connectivity index (χ0) is 28.8. The van der Waals surface area contributed by atoms with Crippen LogP contribution in [0, 0.1) is 6.92 Å². The Morgan fingerprint density at radius 1 is 1.20 bits per heavy atom. The first-order valence-corrected chi connectivity index (χ1v) is 15.8. The second-order valence-corrected chi connectivity index (χ2v) is 13.9. The van der Waals surface area contributed by atoms with E-state index < -0.39 is 15.1 Å². The Bertz CT molecular complexity index is 1510. The predicted octanol–water partition coefficient (Wildman–Crippen LogP) is 5.46. The summed E-state index contributed by atoms with van der Waals surface area (Å²) >= 11 is 6.45. The van der Waals surface area contributed by atoms with E-state index in [1.807, 2.05) is 6.92 Å². The van der Waals surface area contributed by atoms with Crippen molar-refractivity contribution in [3.8, 4) is 5.75 Å². The highest BCUT2D eigenvalue weighted by Crippen LogP contribution is 2.45. The topological polar surface area (TPSA) is 114 Å². The van der Waals surface area contributed by atoms with Crippen LogP contribution < -0.4 is 15.4 Å². The molecule has 1 saturated heterocycles. The van der Waals surface area contributed by atoms with Gasteiger partial charge in [-0.3, -0.25) is 4.68 Å². The van der Waals surface area contributed by atoms with Gasteiger partial charge in [0.25, 0.3) is 0 Å². The van der Waals surface area contributed by atoms with E-state index in [1.165, 1.54) is 22.9 Å². The van der Waals surface area contributed by atoms with Crippen molar-refractivity contribution in [1.82, 2.24) is 24.6 Å². The molecule has 0 aliphatic carbocycles. The molecule has 5 rings (SSSR count). The van der Waals surface area contributed by atoms with Crippen molar-refractivity contribution in [2.24, 2.45) is 0 Å². The van der Waals surface area contributed by atoms with Crippen LogP contribution in [0.3, 0.4) is 0 Å². The number of fused-ring (bicyclic) bond motifs is 1. The number of likely N-dealkylation sites (tertiary alicyclic amines) is 1. The number of hydrogen-bond acceptors (Lipinski definition) is 9. The summed E-state index contributed by atoms with van der Waals surface area (Å²) in [4.78, 5) is 11.4. The van der Waals surface area contributed by atoms with Crippen LogP contribution in [0.2, 0.25) is 5.02 Å². The fourth-order valence-corrected chi connectivity index (χ4v) is 6.77. The monoisotopic (exact) mass is 587 g/mol. The van der Waals surface area contributed by atoms with Gasteiger partial charge in [0, 0.05) is 24.7 Å². The van der Waals surface area contributed by atoms with Crippen molar-refractivity contribution in [3.05, 3.63) is 40.2 Å². The Morgan fingerprint density at radius 2 is 1.93 bits per heavy atom. The minimum Gasteiger partial charge on any atom is -0.488 e. The number of aromatic nitrogens is 4. The number of aryl methyl sites for hydroxylation is 2. The largest absolute Gasteiger partial charge is 0.488 e. The normalized spacial score (nSPS) is 18.1. The SMILES string of the molecule is CCn1cc(Nc2nc(Nc3cc(C)c(C4CCN(C)CC4)c4c3O[C@H](C)C4)ncc2Cl)c(S(=O)(=O)C(C)C)n1. The molecule has 2 aromatic heterocycles. The Kier molecular flexibility index (Phi) is 8.00. The van der Waals surface area contributed by atoms with Crippen LogP contribution in [-0.4, -0.2) is 64.6 Å². The highest BCUT2D eigenvalue weighted by molar-refractivity contribution is 7.92. The average Bonchev–Trinajstić information content (AvgIpc) is 3.50. The van der Waals surface area contributed by atoms with Crippen LogP contribution in [-0.2, 0) is 22.8 Å². The van der Waals surface area contributed by atoms with E-state index in [0.717, 1.165) is 43.8 Å². The first-order valence-electron chi connectivity index (χ1n) is 13.9. The molecule has 0 unspecified atom stereocenters. The Morgan fingerprint density at radius 3 is 2.60 bits per heavy atom. The fraction of sp³-hybridized carbons (Fsp3) is 0.536. The van der Waals surface area contributed by atoms with Gasteiger partial charge in [0.15, 0.2) is 5.82 Å².